The van der Waals surface area contributed by atoms with Crippen LogP contribution in [0.3, 0.4) is 0 Å². The molecular formula is C12H21NO. The van der Waals surface area contributed by atoms with Crippen LogP contribution in [0.1, 0.15) is 39.5 Å². The maximum atomic E-state index is 11.8. The van der Waals surface area contributed by atoms with Gasteiger partial charge in [-0.1, -0.05) is 32.6 Å². The maximum Gasteiger partial charge on any atom is 0.226 e. The van der Waals surface area contributed by atoms with E-state index in [4.69, 9.17) is 6.42 Å². The zero-order valence-electron chi connectivity index (χ0n) is 9.55. The van der Waals surface area contributed by atoms with E-state index in [1.54, 1.807) is 11.9 Å². The van der Waals surface area contributed by atoms with Crippen molar-refractivity contribution < 1.29 is 4.79 Å². The summed E-state index contributed by atoms with van der Waals surface area (Å²) in [6.07, 6.45) is 9.32. The van der Waals surface area contributed by atoms with Gasteiger partial charge in [0.25, 0.3) is 0 Å². The van der Waals surface area contributed by atoms with E-state index in [0.29, 0.717) is 6.54 Å². The highest BCUT2D eigenvalue weighted by molar-refractivity contribution is 5.78. The fraction of sp³-hybridized carbons (Fsp3) is 0.750. The van der Waals surface area contributed by atoms with E-state index < -0.39 is 0 Å². The Balaban J connectivity index is 4.10. The van der Waals surface area contributed by atoms with Crippen LogP contribution in [-0.2, 0) is 4.79 Å². The summed E-state index contributed by atoms with van der Waals surface area (Å²) in [5, 5.41) is 0. The van der Waals surface area contributed by atoms with Gasteiger partial charge < -0.3 is 4.90 Å². The molecule has 1 atom stereocenters. The zero-order chi connectivity index (χ0) is 11.0. The van der Waals surface area contributed by atoms with Gasteiger partial charge in [0.05, 0.1) is 6.54 Å². The quantitative estimate of drug-likeness (QED) is 0.595. The topological polar surface area (TPSA) is 20.3 Å². The SMILES string of the molecule is C#CCN(C)C(=O)C(CC)CCCC. The minimum Gasteiger partial charge on any atom is -0.334 e. The Morgan fingerprint density at radius 2 is 2.14 bits per heavy atom. The maximum absolute atomic E-state index is 11.8. The summed E-state index contributed by atoms with van der Waals surface area (Å²) in [7, 11) is 1.77. The third-order valence-electron chi connectivity index (χ3n) is 2.45. The zero-order valence-corrected chi connectivity index (χ0v) is 9.55. The van der Waals surface area contributed by atoms with Crippen LogP contribution < -0.4 is 0 Å². The van der Waals surface area contributed by atoms with Gasteiger partial charge in [0.2, 0.25) is 5.91 Å². The molecule has 2 heteroatoms. The number of terminal acetylenes is 1. The molecule has 1 unspecified atom stereocenters. The minimum absolute atomic E-state index is 0.160. The second-order valence-electron chi connectivity index (χ2n) is 3.65. The van der Waals surface area contributed by atoms with Gasteiger partial charge in [0, 0.05) is 13.0 Å². The second-order valence-corrected chi connectivity index (χ2v) is 3.65. The van der Waals surface area contributed by atoms with Crippen LogP contribution in [0.15, 0.2) is 0 Å². The average Bonchev–Trinajstić information content (AvgIpc) is 2.19. The number of amides is 1. The fourth-order valence-electron chi connectivity index (χ4n) is 1.48. The molecule has 2 nitrogen and oxygen atoms in total. The molecule has 0 heterocycles. The monoisotopic (exact) mass is 195 g/mol. The number of carbonyl (C=O) groups excluding carboxylic acids is 1. The fourth-order valence-corrected chi connectivity index (χ4v) is 1.48. The van der Waals surface area contributed by atoms with Gasteiger partial charge in [0.15, 0.2) is 0 Å². The number of rotatable bonds is 6. The highest BCUT2D eigenvalue weighted by Crippen LogP contribution is 2.14. The molecule has 0 spiro atoms. The molecule has 0 aliphatic rings. The third-order valence-corrected chi connectivity index (χ3v) is 2.45. The Labute approximate surface area is 87.7 Å². The molecule has 0 aromatic heterocycles. The van der Waals surface area contributed by atoms with Crippen molar-refractivity contribution in [1.82, 2.24) is 4.90 Å². The van der Waals surface area contributed by atoms with E-state index in [0.717, 1.165) is 25.7 Å². The lowest BCUT2D eigenvalue weighted by atomic mass is 9.98. The Hall–Kier alpha value is -0.970. The van der Waals surface area contributed by atoms with Crippen LogP contribution in [0, 0.1) is 18.3 Å². The molecule has 0 saturated carbocycles. The molecule has 0 N–H and O–H groups in total. The molecule has 0 bridgehead atoms. The van der Waals surface area contributed by atoms with E-state index in [1.807, 2.05) is 0 Å². The lowest BCUT2D eigenvalue weighted by Gasteiger charge is -2.20. The Morgan fingerprint density at radius 3 is 2.57 bits per heavy atom. The van der Waals surface area contributed by atoms with Gasteiger partial charge in [-0.2, -0.15) is 0 Å². The predicted octanol–water partition coefficient (Wildman–Crippen LogP) is 2.29. The van der Waals surface area contributed by atoms with Crippen molar-refractivity contribution in [2.45, 2.75) is 39.5 Å². The van der Waals surface area contributed by atoms with Crippen molar-refractivity contribution in [3.63, 3.8) is 0 Å². The summed E-state index contributed by atoms with van der Waals surface area (Å²) in [5.74, 6) is 2.84. The molecule has 0 rings (SSSR count). The van der Waals surface area contributed by atoms with Crippen molar-refractivity contribution in [1.29, 1.82) is 0 Å². The molecule has 1 amide bonds. The third kappa shape index (κ3) is 4.32. The Kier molecular flexibility index (Phi) is 6.92. The highest BCUT2D eigenvalue weighted by Gasteiger charge is 2.18. The van der Waals surface area contributed by atoms with Gasteiger partial charge in [0.1, 0.15) is 0 Å². The van der Waals surface area contributed by atoms with Gasteiger partial charge in [-0.15, -0.1) is 6.42 Å². The molecule has 0 aromatic carbocycles. The summed E-state index contributed by atoms with van der Waals surface area (Å²) in [4.78, 5) is 13.4. The molecule has 0 saturated heterocycles. The summed E-state index contributed by atoms with van der Waals surface area (Å²) in [6.45, 7) is 4.62. The van der Waals surface area contributed by atoms with Crippen molar-refractivity contribution in [2.24, 2.45) is 5.92 Å². The summed E-state index contributed by atoms with van der Waals surface area (Å²) in [6, 6.07) is 0. The van der Waals surface area contributed by atoms with Crippen LogP contribution in [0.5, 0.6) is 0 Å². The van der Waals surface area contributed by atoms with E-state index in [1.165, 1.54) is 0 Å². The summed E-state index contributed by atoms with van der Waals surface area (Å²) < 4.78 is 0. The number of nitrogens with zero attached hydrogens (tertiary/aromatic N) is 1. The molecule has 0 aliphatic heterocycles. The normalized spacial score (nSPS) is 11.9. The van der Waals surface area contributed by atoms with Gasteiger partial charge in [-0.05, 0) is 12.8 Å². The number of hydrogen-bond donors (Lipinski definition) is 0. The molecule has 0 aromatic rings. The van der Waals surface area contributed by atoms with Crippen molar-refractivity contribution in [2.75, 3.05) is 13.6 Å². The Morgan fingerprint density at radius 1 is 1.50 bits per heavy atom. The number of hydrogen-bond acceptors (Lipinski definition) is 1. The number of unbranched alkanes of at least 4 members (excludes halogenated alkanes) is 1. The lowest BCUT2D eigenvalue weighted by Crippen LogP contribution is -2.33. The lowest BCUT2D eigenvalue weighted by molar-refractivity contribution is -0.133. The molecule has 0 radical (unpaired) electrons. The largest absolute Gasteiger partial charge is 0.334 e. The number of carbonyl (C=O) groups is 1. The molecule has 0 fully saturated rings. The molecule has 14 heavy (non-hydrogen) atoms. The van der Waals surface area contributed by atoms with Crippen LogP contribution in [0.25, 0.3) is 0 Å². The van der Waals surface area contributed by atoms with Gasteiger partial charge in [-0.3, -0.25) is 4.79 Å². The van der Waals surface area contributed by atoms with Crippen LogP contribution in [0.4, 0.5) is 0 Å². The highest BCUT2D eigenvalue weighted by atomic mass is 16.2. The van der Waals surface area contributed by atoms with E-state index in [-0.39, 0.29) is 11.8 Å². The van der Waals surface area contributed by atoms with Crippen LogP contribution in [0.2, 0.25) is 0 Å². The molecule has 80 valence electrons. The second kappa shape index (κ2) is 7.44. The predicted molar refractivity (Wildman–Crippen MR) is 59.8 cm³/mol. The standard InChI is InChI=1S/C12H21NO/c1-5-8-9-11(7-3)12(14)13(4)10-6-2/h2,11H,5,7-10H2,1,3-4H3. The van der Waals surface area contributed by atoms with Crippen molar-refractivity contribution >= 4 is 5.91 Å². The first-order chi connectivity index (χ1) is 6.67. The van der Waals surface area contributed by atoms with Gasteiger partial charge >= 0.3 is 0 Å². The van der Waals surface area contributed by atoms with E-state index in [2.05, 4.69) is 19.8 Å². The van der Waals surface area contributed by atoms with Crippen LogP contribution in [-0.4, -0.2) is 24.4 Å². The minimum atomic E-state index is 0.160. The Bertz CT molecular complexity index is 205. The van der Waals surface area contributed by atoms with Crippen molar-refractivity contribution in [3.8, 4) is 12.3 Å². The van der Waals surface area contributed by atoms with Crippen molar-refractivity contribution in [3.05, 3.63) is 0 Å². The first-order valence-corrected chi connectivity index (χ1v) is 5.35. The van der Waals surface area contributed by atoms with E-state index >= 15 is 0 Å². The smallest absolute Gasteiger partial charge is 0.226 e. The molecule has 0 aliphatic carbocycles. The first-order valence-electron chi connectivity index (χ1n) is 5.35. The van der Waals surface area contributed by atoms with Gasteiger partial charge in [-0.25, -0.2) is 0 Å². The summed E-state index contributed by atoms with van der Waals surface area (Å²) >= 11 is 0. The average molecular weight is 195 g/mol. The van der Waals surface area contributed by atoms with E-state index in [9.17, 15) is 4.79 Å². The first kappa shape index (κ1) is 13.0. The van der Waals surface area contributed by atoms with Crippen LogP contribution >= 0.6 is 0 Å². The summed E-state index contributed by atoms with van der Waals surface area (Å²) in [5.41, 5.74) is 0. The molecular weight excluding hydrogens is 174 g/mol.